The fourth-order valence-corrected chi connectivity index (χ4v) is 2.42. The molecule has 3 nitrogen and oxygen atoms in total. The van der Waals surface area contributed by atoms with E-state index in [2.05, 4.69) is 19.1 Å². The monoisotopic (exact) mass is 278 g/mol. The van der Waals surface area contributed by atoms with Crippen LogP contribution >= 0.6 is 0 Å². The molecule has 2 unspecified atom stereocenters. The van der Waals surface area contributed by atoms with Gasteiger partial charge >= 0.3 is 0 Å². The topological polar surface area (TPSA) is 27.7 Å². The maximum Gasteiger partial charge on any atom is 0.158 e. The molecule has 0 aromatic heterocycles. The molecule has 0 amide bonds. The summed E-state index contributed by atoms with van der Waals surface area (Å²) in [7, 11) is 0. The molecule has 2 atom stereocenters. The highest BCUT2D eigenvalue weighted by Crippen LogP contribution is 2.27. The molecule has 112 valence electrons. The minimum atomic E-state index is -0.217. The average molecular weight is 278 g/mol. The molecule has 1 fully saturated rings. The predicted molar refractivity (Wildman–Crippen MR) is 79.4 cm³/mol. The van der Waals surface area contributed by atoms with Crippen molar-refractivity contribution in [1.29, 1.82) is 0 Å². The van der Waals surface area contributed by atoms with Crippen LogP contribution in [0.5, 0.6) is 0 Å². The molecule has 2 rings (SSSR count). The Bertz CT molecular complexity index is 390. The van der Waals surface area contributed by atoms with E-state index in [-0.39, 0.29) is 18.0 Å². The molecule has 1 aliphatic heterocycles. The standard InChI is InChI=1S/C17H26O3/c1-14(2)20-16-10-7-11-17(3,13-18-16)19-12-15-8-5-4-6-9-15/h4-6,8-9,14,16H,7,10-13H2,1-3H3. The van der Waals surface area contributed by atoms with Crippen LogP contribution in [0.2, 0.25) is 0 Å². The normalized spacial score (nSPS) is 27.5. The third-order valence-corrected chi connectivity index (χ3v) is 3.57. The Balaban J connectivity index is 1.84. The number of hydrogen-bond donors (Lipinski definition) is 0. The smallest absolute Gasteiger partial charge is 0.158 e. The summed E-state index contributed by atoms with van der Waals surface area (Å²) in [6.07, 6.45) is 3.15. The van der Waals surface area contributed by atoms with Gasteiger partial charge in [-0.3, -0.25) is 0 Å². The van der Waals surface area contributed by atoms with Crippen molar-refractivity contribution in [3.05, 3.63) is 35.9 Å². The first kappa shape index (κ1) is 15.5. The van der Waals surface area contributed by atoms with Crippen LogP contribution in [0.1, 0.15) is 45.6 Å². The van der Waals surface area contributed by atoms with Crippen molar-refractivity contribution in [1.82, 2.24) is 0 Å². The highest BCUT2D eigenvalue weighted by Gasteiger charge is 2.30. The summed E-state index contributed by atoms with van der Waals surface area (Å²) in [5.41, 5.74) is 0.984. The first-order chi connectivity index (χ1) is 9.57. The molecule has 0 aliphatic carbocycles. The molecule has 0 radical (unpaired) electrons. The summed E-state index contributed by atoms with van der Waals surface area (Å²) in [6.45, 7) is 7.44. The molecule has 0 bridgehead atoms. The van der Waals surface area contributed by atoms with E-state index in [1.54, 1.807) is 0 Å². The Morgan fingerprint density at radius 2 is 2.05 bits per heavy atom. The molecule has 0 N–H and O–H groups in total. The molecule has 1 aromatic rings. The first-order valence-electron chi connectivity index (χ1n) is 7.52. The summed E-state index contributed by atoms with van der Waals surface area (Å²) in [5.74, 6) is 0. The number of hydrogen-bond acceptors (Lipinski definition) is 3. The molecule has 0 saturated carbocycles. The molecule has 1 aromatic carbocycles. The fraction of sp³-hybridized carbons (Fsp3) is 0.647. The molecule has 1 saturated heterocycles. The quantitative estimate of drug-likeness (QED) is 0.817. The number of rotatable bonds is 5. The zero-order valence-corrected chi connectivity index (χ0v) is 12.8. The fourth-order valence-electron chi connectivity index (χ4n) is 2.42. The average Bonchev–Trinajstić information content (AvgIpc) is 2.60. The van der Waals surface area contributed by atoms with Crippen LogP contribution in [0.4, 0.5) is 0 Å². The van der Waals surface area contributed by atoms with E-state index in [1.807, 2.05) is 32.0 Å². The lowest BCUT2D eigenvalue weighted by molar-refractivity contribution is -0.188. The van der Waals surface area contributed by atoms with Gasteiger partial charge in [0.25, 0.3) is 0 Å². The van der Waals surface area contributed by atoms with Gasteiger partial charge in [-0.25, -0.2) is 0 Å². The lowest BCUT2D eigenvalue weighted by atomic mass is 10.0. The van der Waals surface area contributed by atoms with Gasteiger partial charge < -0.3 is 14.2 Å². The van der Waals surface area contributed by atoms with E-state index >= 15 is 0 Å². The number of benzene rings is 1. The van der Waals surface area contributed by atoms with Gasteiger partial charge in [-0.05, 0) is 45.6 Å². The zero-order valence-electron chi connectivity index (χ0n) is 12.8. The molecular weight excluding hydrogens is 252 g/mol. The van der Waals surface area contributed by atoms with Crippen LogP contribution in [0.3, 0.4) is 0 Å². The first-order valence-corrected chi connectivity index (χ1v) is 7.52. The van der Waals surface area contributed by atoms with E-state index in [0.717, 1.165) is 19.3 Å². The summed E-state index contributed by atoms with van der Waals surface area (Å²) in [5, 5.41) is 0. The summed E-state index contributed by atoms with van der Waals surface area (Å²) >= 11 is 0. The van der Waals surface area contributed by atoms with Crippen LogP contribution < -0.4 is 0 Å². The van der Waals surface area contributed by atoms with Gasteiger partial charge in [0, 0.05) is 0 Å². The SMILES string of the molecule is CC(C)OC1CCCC(C)(OCc2ccccc2)CO1. The third-order valence-electron chi connectivity index (χ3n) is 3.57. The summed E-state index contributed by atoms with van der Waals surface area (Å²) in [4.78, 5) is 0. The second-order valence-electron chi connectivity index (χ2n) is 6.04. The molecular formula is C17H26O3. The van der Waals surface area contributed by atoms with E-state index in [4.69, 9.17) is 14.2 Å². The zero-order chi connectivity index (χ0) is 14.4. The van der Waals surface area contributed by atoms with Gasteiger partial charge in [0.15, 0.2) is 6.29 Å². The van der Waals surface area contributed by atoms with Crippen molar-refractivity contribution < 1.29 is 14.2 Å². The number of ether oxygens (including phenoxy) is 3. The van der Waals surface area contributed by atoms with Gasteiger partial charge in [-0.1, -0.05) is 30.3 Å². The van der Waals surface area contributed by atoms with Crippen LogP contribution in [0.25, 0.3) is 0 Å². The molecule has 3 heteroatoms. The van der Waals surface area contributed by atoms with Gasteiger partial charge in [0.1, 0.15) is 0 Å². The van der Waals surface area contributed by atoms with Crippen molar-refractivity contribution in [3.8, 4) is 0 Å². The van der Waals surface area contributed by atoms with Crippen molar-refractivity contribution in [2.45, 2.75) is 64.6 Å². The highest BCUT2D eigenvalue weighted by atomic mass is 16.7. The maximum absolute atomic E-state index is 6.11. The van der Waals surface area contributed by atoms with Crippen molar-refractivity contribution in [3.63, 3.8) is 0 Å². The van der Waals surface area contributed by atoms with Crippen LogP contribution in [-0.4, -0.2) is 24.6 Å². The highest BCUT2D eigenvalue weighted by molar-refractivity contribution is 5.13. The lowest BCUT2D eigenvalue weighted by Crippen LogP contribution is -2.34. The second kappa shape index (κ2) is 7.21. The van der Waals surface area contributed by atoms with Crippen LogP contribution in [0, 0.1) is 0 Å². The Morgan fingerprint density at radius 3 is 2.75 bits per heavy atom. The van der Waals surface area contributed by atoms with E-state index in [1.165, 1.54) is 5.56 Å². The van der Waals surface area contributed by atoms with Crippen LogP contribution in [-0.2, 0) is 20.8 Å². The van der Waals surface area contributed by atoms with Crippen LogP contribution in [0.15, 0.2) is 30.3 Å². The Hall–Kier alpha value is -0.900. The summed E-state index contributed by atoms with van der Waals surface area (Å²) < 4.78 is 17.7. The van der Waals surface area contributed by atoms with Crippen molar-refractivity contribution in [2.24, 2.45) is 0 Å². The van der Waals surface area contributed by atoms with E-state index < -0.39 is 0 Å². The Kier molecular flexibility index (Phi) is 5.58. The molecule has 1 aliphatic rings. The van der Waals surface area contributed by atoms with Gasteiger partial charge in [0.2, 0.25) is 0 Å². The Morgan fingerprint density at radius 1 is 1.30 bits per heavy atom. The van der Waals surface area contributed by atoms with Crippen molar-refractivity contribution in [2.75, 3.05) is 6.61 Å². The minimum absolute atomic E-state index is 0.0860. The minimum Gasteiger partial charge on any atom is -0.368 e. The van der Waals surface area contributed by atoms with E-state index in [0.29, 0.717) is 13.2 Å². The van der Waals surface area contributed by atoms with Gasteiger partial charge in [-0.15, -0.1) is 0 Å². The second-order valence-corrected chi connectivity index (χ2v) is 6.04. The lowest BCUT2D eigenvalue weighted by Gasteiger charge is -2.28. The largest absolute Gasteiger partial charge is 0.368 e. The van der Waals surface area contributed by atoms with Crippen molar-refractivity contribution >= 4 is 0 Å². The Labute approximate surface area is 122 Å². The third kappa shape index (κ3) is 4.89. The maximum atomic E-state index is 6.11. The van der Waals surface area contributed by atoms with E-state index in [9.17, 15) is 0 Å². The predicted octanol–water partition coefficient (Wildman–Crippen LogP) is 3.91. The molecule has 0 spiro atoms. The summed E-state index contributed by atoms with van der Waals surface area (Å²) in [6, 6.07) is 10.3. The molecule has 1 heterocycles. The van der Waals surface area contributed by atoms with Gasteiger partial charge in [0.05, 0.1) is 24.9 Å². The van der Waals surface area contributed by atoms with Gasteiger partial charge in [-0.2, -0.15) is 0 Å². The molecule has 20 heavy (non-hydrogen) atoms.